The first-order valence-corrected chi connectivity index (χ1v) is 9.80. The van der Waals surface area contributed by atoms with Crippen LogP contribution in [0, 0.1) is 5.92 Å². The van der Waals surface area contributed by atoms with E-state index >= 15 is 0 Å². The fourth-order valence-electron chi connectivity index (χ4n) is 3.39. The van der Waals surface area contributed by atoms with Crippen LogP contribution in [0.15, 0.2) is 48.8 Å². The molecule has 1 fully saturated rings. The molecule has 0 aliphatic carbocycles. The predicted octanol–water partition coefficient (Wildman–Crippen LogP) is 3.31. The maximum Gasteiger partial charge on any atom is 0.244 e. The second-order valence-electron chi connectivity index (χ2n) is 7.50. The normalized spacial score (nSPS) is 14.6. The van der Waals surface area contributed by atoms with E-state index in [1.165, 1.54) is 30.4 Å². The molecule has 1 aliphatic rings. The molecule has 1 saturated heterocycles. The Bertz CT molecular complexity index is 784. The number of carbonyl (C=O) groups is 2. The van der Waals surface area contributed by atoms with E-state index in [-0.39, 0.29) is 18.4 Å². The van der Waals surface area contributed by atoms with Crippen LogP contribution in [-0.2, 0) is 16.1 Å². The monoisotopic (exact) mass is 380 g/mol. The number of carbonyl (C=O) groups excluding carboxylic acids is 2. The van der Waals surface area contributed by atoms with Crippen molar-refractivity contribution >= 4 is 23.2 Å². The lowest BCUT2D eigenvalue weighted by atomic mass is 9.99. The van der Waals surface area contributed by atoms with Gasteiger partial charge in [-0.3, -0.25) is 14.6 Å². The van der Waals surface area contributed by atoms with Crippen LogP contribution in [0.25, 0.3) is 0 Å². The van der Waals surface area contributed by atoms with Crippen molar-refractivity contribution in [2.45, 2.75) is 33.2 Å². The van der Waals surface area contributed by atoms with Crippen molar-refractivity contribution in [3.63, 3.8) is 0 Å². The van der Waals surface area contributed by atoms with Crippen molar-refractivity contribution in [1.82, 2.24) is 9.88 Å². The summed E-state index contributed by atoms with van der Waals surface area (Å²) in [7, 11) is 0. The summed E-state index contributed by atoms with van der Waals surface area (Å²) < 4.78 is 0. The predicted molar refractivity (Wildman–Crippen MR) is 111 cm³/mol. The van der Waals surface area contributed by atoms with Crippen LogP contribution in [0.4, 0.5) is 11.4 Å². The van der Waals surface area contributed by atoms with Gasteiger partial charge in [0.25, 0.3) is 0 Å². The fraction of sp³-hybridized carbons (Fsp3) is 0.409. The highest BCUT2D eigenvalue weighted by molar-refractivity contribution is 5.94. The van der Waals surface area contributed by atoms with Crippen molar-refractivity contribution in [3.8, 4) is 0 Å². The van der Waals surface area contributed by atoms with Gasteiger partial charge in [0, 0.05) is 50.3 Å². The number of anilines is 2. The molecule has 148 valence electrons. The van der Waals surface area contributed by atoms with Crippen molar-refractivity contribution in [1.29, 1.82) is 0 Å². The van der Waals surface area contributed by atoms with Crippen LogP contribution in [0.2, 0.25) is 0 Å². The van der Waals surface area contributed by atoms with Gasteiger partial charge >= 0.3 is 0 Å². The summed E-state index contributed by atoms with van der Waals surface area (Å²) in [5.74, 6) is 0.443. The van der Waals surface area contributed by atoms with E-state index in [2.05, 4.69) is 22.1 Å². The molecule has 0 radical (unpaired) electrons. The lowest BCUT2D eigenvalue weighted by molar-refractivity contribution is -0.133. The standard InChI is InChI=1S/C22H28N4O2/c1-17-9-12-25(13-10-17)21-7-5-20(6-8-21)24-22(28)16-26(18(2)27)15-19-4-3-11-23-14-19/h3-8,11,14,17H,9-10,12-13,15-16H2,1-2H3,(H,24,28). The van der Waals surface area contributed by atoms with Crippen LogP contribution in [-0.4, -0.2) is 41.3 Å². The number of rotatable bonds is 6. The van der Waals surface area contributed by atoms with Crippen LogP contribution in [0.3, 0.4) is 0 Å². The largest absolute Gasteiger partial charge is 0.372 e. The van der Waals surface area contributed by atoms with E-state index in [4.69, 9.17) is 0 Å². The van der Waals surface area contributed by atoms with Gasteiger partial charge in [-0.05, 0) is 54.7 Å². The first-order chi connectivity index (χ1) is 13.5. The average Bonchev–Trinajstić information content (AvgIpc) is 2.69. The van der Waals surface area contributed by atoms with E-state index < -0.39 is 0 Å². The second kappa shape index (κ2) is 9.35. The Balaban J connectivity index is 1.55. The van der Waals surface area contributed by atoms with Crippen LogP contribution in [0.1, 0.15) is 32.3 Å². The lowest BCUT2D eigenvalue weighted by Gasteiger charge is -2.32. The number of amides is 2. The molecule has 0 spiro atoms. The molecule has 1 aromatic heterocycles. The van der Waals surface area contributed by atoms with Gasteiger partial charge in [-0.25, -0.2) is 0 Å². The van der Waals surface area contributed by atoms with Gasteiger partial charge in [-0.2, -0.15) is 0 Å². The Morgan fingerprint density at radius 1 is 1.18 bits per heavy atom. The number of benzene rings is 1. The summed E-state index contributed by atoms with van der Waals surface area (Å²) >= 11 is 0. The SMILES string of the molecule is CC(=O)N(CC(=O)Nc1ccc(N2CCC(C)CC2)cc1)Cc1cccnc1. The van der Waals surface area contributed by atoms with Gasteiger partial charge in [0.1, 0.15) is 6.54 Å². The van der Waals surface area contributed by atoms with E-state index in [0.717, 1.165) is 30.3 Å². The smallest absolute Gasteiger partial charge is 0.244 e. The fourth-order valence-corrected chi connectivity index (χ4v) is 3.39. The maximum atomic E-state index is 12.4. The molecule has 28 heavy (non-hydrogen) atoms. The zero-order valence-electron chi connectivity index (χ0n) is 16.6. The Kier molecular flexibility index (Phi) is 6.63. The molecule has 6 heteroatoms. The zero-order valence-corrected chi connectivity index (χ0v) is 16.6. The van der Waals surface area contributed by atoms with E-state index in [1.54, 1.807) is 12.4 Å². The maximum absolute atomic E-state index is 12.4. The average molecular weight is 380 g/mol. The number of hydrogen-bond donors (Lipinski definition) is 1. The summed E-state index contributed by atoms with van der Waals surface area (Å²) in [6, 6.07) is 11.6. The zero-order chi connectivity index (χ0) is 19.9. The first kappa shape index (κ1) is 19.9. The van der Waals surface area contributed by atoms with E-state index in [9.17, 15) is 9.59 Å². The van der Waals surface area contributed by atoms with Crippen molar-refractivity contribution < 1.29 is 9.59 Å². The molecule has 2 aromatic rings. The minimum atomic E-state index is -0.210. The molecular formula is C22H28N4O2. The van der Waals surface area contributed by atoms with Crippen molar-refractivity contribution in [2.75, 3.05) is 29.9 Å². The number of hydrogen-bond acceptors (Lipinski definition) is 4. The van der Waals surface area contributed by atoms with E-state index in [0.29, 0.717) is 6.54 Å². The first-order valence-electron chi connectivity index (χ1n) is 9.80. The minimum Gasteiger partial charge on any atom is -0.372 e. The van der Waals surface area contributed by atoms with Crippen LogP contribution in [0.5, 0.6) is 0 Å². The minimum absolute atomic E-state index is 0.00991. The molecular weight excluding hydrogens is 352 g/mol. The quantitative estimate of drug-likeness (QED) is 0.835. The Morgan fingerprint density at radius 3 is 2.50 bits per heavy atom. The second-order valence-corrected chi connectivity index (χ2v) is 7.50. The van der Waals surface area contributed by atoms with Crippen molar-refractivity contribution in [2.24, 2.45) is 5.92 Å². The topological polar surface area (TPSA) is 65.5 Å². The third-order valence-corrected chi connectivity index (χ3v) is 5.18. The number of piperidine rings is 1. The number of nitrogens with zero attached hydrogens (tertiary/aromatic N) is 3. The Labute approximate surface area is 166 Å². The number of pyridine rings is 1. The molecule has 1 N–H and O–H groups in total. The molecule has 0 unspecified atom stereocenters. The van der Waals surface area contributed by atoms with E-state index in [1.807, 2.05) is 36.4 Å². The number of aromatic nitrogens is 1. The third kappa shape index (κ3) is 5.55. The van der Waals surface area contributed by atoms with Gasteiger partial charge in [-0.1, -0.05) is 13.0 Å². The Morgan fingerprint density at radius 2 is 1.89 bits per heavy atom. The molecule has 1 aromatic carbocycles. The third-order valence-electron chi connectivity index (χ3n) is 5.18. The molecule has 0 saturated carbocycles. The molecule has 3 rings (SSSR count). The molecule has 0 atom stereocenters. The lowest BCUT2D eigenvalue weighted by Crippen LogP contribution is -2.36. The van der Waals surface area contributed by atoms with Crippen molar-refractivity contribution in [3.05, 3.63) is 54.4 Å². The van der Waals surface area contributed by atoms with Gasteiger partial charge in [-0.15, -0.1) is 0 Å². The highest BCUT2D eigenvalue weighted by Gasteiger charge is 2.17. The highest BCUT2D eigenvalue weighted by Crippen LogP contribution is 2.24. The molecule has 1 aliphatic heterocycles. The summed E-state index contributed by atoms with van der Waals surface area (Å²) in [6.07, 6.45) is 5.82. The molecule has 2 amide bonds. The van der Waals surface area contributed by atoms with Gasteiger partial charge in [0.2, 0.25) is 11.8 Å². The van der Waals surface area contributed by atoms with Crippen LogP contribution >= 0.6 is 0 Å². The van der Waals surface area contributed by atoms with Gasteiger partial charge in [0.05, 0.1) is 0 Å². The summed E-state index contributed by atoms with van der Waals surface area (Å²) in [6.45, 7) is 6.30. The molecule has 6 nitrogen and oxygen atoms in total. The Hall–Kier alpha value is -2.89. The summed E-state index contributed by atoms with van der Waals surface area (Å²) in [4.78, 5) is 32.3. The van der Waals surface area contributed by atoms with Gasteiger partial charge < -0.3 is 15.1 Å². The number of nitrogens with one attached hydrogen (secondary N) is 1. The molecule has 2 heterocycles. The van der Waals surface area contributed by atoms with Gasteiger partial charge in [0.15, 0.2) is 0 Å². The summed E-state index contributed by atoms with van der Waals surface area (Å²) in [5, 5.41) is 2.88. The highest BCUT2D eigenvalue weighted by atomic mass is 16.2. The molecule has 0 bridgehead atoms. The van der Waals surface area contributed by atoms with Crippen LogP contribution < -0.4 is 10.2 Å². The summed E-state index contributed by atoms with van der Waals surface area (Å²) in [5.41, 5.74) is 2.82.